The molecule has 1 unspecified atom stereocenters. The summed E-state index contributed by atoms with van der Waals surface area (Å²) in [6, 6.07) is -0.0517. The molecule has 0 spiro atoms. The van der Waals surface area contributed by atoms with E-state index in [1.807, 2.05) is 0 Å². The molecule has 0 fully saturated rings. The number of aryl methyl sites for hydroxylation is 2. The van der Waals surface area contributed by atoms with E-state index in [0.29, 0.717) is 10.3 Å². The van der Waals surface area contributed by atoms with Gasteiger partial charge in [-0.1, -0.05) is 0 Å². The summed E-state index contributed by atoms with van der Waals surface area (Å²) >= 11 is 2.96. The van der Waals surface area contributed by atoms with E-state index < -0.39 is 0 Å². The lowest BCUT2D eigenvalue weighted by atomic mass is 9.97. The fourth-order valence-electron chi connectivity index (χ4n) is 3.82. The Bertz CT molecular complexity index is 909. The Morgan fingerprint density at radius 2 is 1.23 bits per heavy atom. The first-order valence-corrected chi connectivity index (χ1v) is 11.6. The molecule has 0 saturated heterocycles. The number of thiazole rings is 2. The first kappa shape index (κ1) is 20.7. The van der Waals surface area contributed by atoms with Crippen molar-refractivity contribution in [2.24, 2.45) is 0 Å². The number of hydrogen-bond donors (Lipinski definition) is 4. The van der Waals surface area contributed by atoms with Gasteiger partial charge in [-0.15, -0.1) is 22.7 Å². The minimum atomic E-state index is -0.157. The summed E-state index contributed by atoms with van der Waals surface area (Å²) in [7, 11) is 0. The first-order chi connectivity index (χ1) is 14.4. The Hall–Kier alpha value is -2.53. The van der Waals surface area contributed by atoms with Crippen molar-refractivity contribution >= 4 is 50.8 Å². The van der Waals surface area contributed by atoms with Gasteiger partial charge >= 0.3 is 6.03 Å². The molecule has 2 aromatic rings. The molecule has 2 aliphatic carbocycles. The number of carbonyl (C=O) groups is 3. The van der Waals surface area contributed by atoms with Crippen LogP contribution in [0.5, 0.6) is 0 Å². The molecular weight excluding hydrogens is 424 g/mol. The quantitative estimate of drug-likeness (QED) is 0.571. The van der Waals surface area contributed by atoms with Gasteiger partial charge in [0.2, 0.25) is 11.8 Å². The molecule has 0 aliphatic heterocycles. The van der Waals surface area contributed by atoms with E-state index >= 15 is 0 Å². The molecule has 2 heterocycles. The second-order valence-electron chi connectivity index (χ2n) is 7.64. The van der Waals surface area contributed by atoms with Gasteiger partial charge in [-0.3, -0.25) is 9.59 Å². The molecule has 160 valence electrons. The maximum Gasteiger partial charge on any atom is 0.315 e. The third-order valence-corrected chi connectivity index (χ3v) is 7.19. The standard InChI is InChI=1S/C19H24N6O3S2/c1-9(26)20-18-24-13-5-3-11(7-15(13)29-18)22-17(28)23-12-4-6-14-16(8-12)30-19(25-14)21-10(2)27/h11-12H,3-8H2,1-2H3,(H,20,24,26)(H,21,25,27)(H2,22,23,28)/t11-,12?/m0/s1. The van der Waals surface area contributed by atoms with Gasteiger partial charge in [-0.2, -0.15) is 0 Å². The van der Waals surface area contributed by atoms with Crippen LogP contribution in [0.1, 0.15) is 47.8 Å². The highest BCUT2D eigenvalue weighted by molar-refractivity contribution is 7.16. The van der Waals surface area contributed by atoms with Crippen molar-refractivity contribution in [1.29, 1.82) is 0 Å². The zero-order valence-corrected chi connectivity index (χ0v) is 18.5. The largest absolute Gasteiger partial charge is 0.335 e. The van der Waals surface area contributed by atoms with Crippen LogP contribution in [-0.4, -0.2) is 39.9 Å². The maximum atomic E-state index is 12.5. The summed E-state index contributed by atoms with van der Waals surface area (Å²) in [5.74, 6) is -0.258. The van der Waals surface area contributed by atoms with E-state index in [1.54, 1.807) is 0 Å². The maximum absolute atomic E-state index is 12.5. The molecule has 0 bridgehead atoms. The van der Waals surface area contributed by atoms with E-state index in [0.717, 1.165) is 59.7 Å². The van der Waals surface area contributed by atoms with Crippen LogP contribution in [0.15, 0.2) is 0 Å². The van der Waals surface area contributed by atoms with Gasteiger partial charge in [-0.05, 0) is 25.7 Å². The van der Waals surface area contributed by atoms with Crippen molar-refractivity contribution in [3.8, 4) is 0 Å². The monoisotopic (exact) mass is 448 g/mol. The summed E-state index contributed by atoms with van der Waals surface area (Å²) in [6.07, 6.45) is 4.68. The number of hydrogen-bond acceptors (Lipinski definition) is 7. The highest BCUT2D eigenvalue weighted by Gasteiger charge is 2.27. The van der Waals surface area contributed by atoms with E-state index in [2.05, 4.69) is 31.2 Å². The number of nitrogens with zero attached hydrogens (tertiary/aromatic N) is 2. The van der Waals surface area contributed by atoms with Crippen molar-refractivity contribution < 1.29 is 14.4 Å². The van der Waals surface area contributed by atoms with Crippen LogP contribution in [0.3, 0.4) is 0 Å². The number of anilines is 2. The Labute approximate surface area is 182 Å². The molecule has 30 heavy (non-hydrogen) atoms. The Kier molecular flexibility index (Phi) is 6.00. The van der Waals surface area contributed by atoms with E-state index in [-0.39, 0.29) is 29.9 Å². The Morgan fingerprint density at radius 3 is 1.63 bits per heavy atom. The minimum absolute atomic E-state index is 0.0528. The lowest BCUT2D eigenvalue weighted by molar-refractivity contribution is -0.115. The molecule has 2 aliphatic rings. The molecule has 0 saturated carbocycles. The van der Waals surface area contributed by atoms with E-state index in [1.165, 1.54) is 36.5 Å². The molecular formula is C19H24N6O3S2. The predicted octanol–water partition coefficient (Wildman–Crippen LogP) is 2.23. The van der Waals surface area contributed by atoms with Gasteiger partial charge in [0.15, 0.2) is 10.3 Å². The summed E-state index contributed by atoms with van der Waals surface area (Å²) in [4.78, 5) is 46.2. The van der Waals surface area contributed by atoms with Crippen molar-refractivity contribution in [2.45, 2.75) is 64.5 Å². The number of fused-ring (bicyclic) bond motifs is 2. The number of nitrogens with one attached hydrogen (secondary N) is 4. The molecule has 11 heteroatoms. The van der Waals surface area contributed by atoms with E-state index in [9.17, 15) is 14.4 Å². The van der Waals surface area contributed by atoms with Crippen molar-refractivity contribution in [2.75, 3.05) is 10.6 Å². The Balaban J connectivity index is 1.29. The molecule has 0 aromatic carbocycles. The number of urea groups is 1. The van der Waals surface area contributed by atoms with Crippen molar-refractivity contribution in [3.63, 3.8) is 0 Å². The predicted molar refractivity (Wildman–Crippen MR) is 116 cm³/mol. The molecule has 9 nitrogen and oxygen atoms in total. The first-order valence-electron chi connectivity index (χ1n) is 9.95. The minimum Gasteiger partial charge on any atom is -0.335 e. The summed E-state index contributed by atoms with van der Waals surface area (Å²) in [6.45, 7) is 2.94. The lowest BCUT2D eigenvalue weighted by Gasteiger charge is -2.26. The van der Waals surface area contributed by atoms with Gasteiger partial charge in [-0.25, -0.2) is 14.8 Å². The van der Waals surface area contributed by atoms with Crippen LogP contribution in [0.2, 0.25) is 0 Å². The molecule has 0 radical (unpaired) electrons. The van der Waals surface area contributed by atoms with Crippen LogP contribution in [0, 0.1) is 0 Å². The Morgan fingerprint density at radius 1 is 0.800 bits per heavy atom. The van der Waals surface area contributed by atoms with Gasteiger partial charge in [0.25, 0.3) is 0 Å². The average Bonchev–Trinajstić information content (AvgIpc) is 3.22. The fraction of sp³-hybridized carbons (Fsp3) is 0.526. The zero-order valence-electron chi connectivity index (χ0n) is 16.8. The van der Waals surface area contributed by atoms with Gasteiger partial charge in [0.1, 0.15) is 0 Å². The van der Waals surface area contributed by atoms with Crippen LogP contribution in [-0.2, 0) is 35.3 Å². The average molecular weight is 449 g/mol. The van der Waals surface area contributed by atoms with Crippen LogP contribution >= 0.6 is 22.7 Å². The number of amides is 4. The van der Waals surface area contributed by atoms with Gasteiger partial charge in [0.05, 0.1) is 11.4 Å². The molecule has 4 amide bonds. The SMILES string of the molecule is CC(=O)Nc1nc2c(s1)CC(NC(=O)N[C@H]1CCc3nc(NC(C)=O)sc3C1)CC2. The molecule has 2 aromatic heterocycles. The van der Waals surface area contributed by atoms with Crippen molar-refractivity contribution in [3.05, 3.63) is 21.1 Å². The van der Waals surface area contributed by atoms with Crippen molar-refractivity contribution in [1.82, 2.24) is 20.6 Å². The van der Waals surface area contributed by atoms with Crippen LogP contribution in [0.25, 0.3) is 0 Å². The molecule has 2 atom stereocenters. The van der Waals surface area contributed by atoms with Gasteiger partial charge in [0, 0.05) is 48.5 Å². The highest BCUT2D eigenvalue weighted by Crippen LogP contribution is 2.31. The smallest absolute Gasteiger partial charge is 0.315 e. The second-order valence-corrected chi connectivity index (χ2v) is 9.80. The van der Waals surface area contributed by atoms with E-state index in [4.69, 9.17) is 0 Å². The lowest BCUT2D eigenvalue weighted by Crippen LogP contribution is -2.49. The summed E-state index contributed by atoms with van der Waals surface area (Å²) in [5, 5.41) is 12.9. The summed E-state index contributed by atoms with van der Waals surface area (Å²) in [5.41, 5.74) is 2.03. The number of aromatic nitrogens is 2. The highest BCUT2D eigenvalue weighted by atomic mass is 32.1. The van der Waals surface area contributed by atoms with Gasteiger partial charge < -0.3 is 21.3 Å². The second kappa shape index (κ2) is 8.68. The fourth-order valence-corrected chi connectivity index (χ4v) is 6.08. The summed E-state index contributed by atoms with van der Waals surface area (Å²) < 4.78 is 0. The third-order valence-electron chi connectivity index (χ3n) is 5.12. The third kappa shape index (κ3) is 4.96. The zero-order chi connectivity index (χ0) is 21.3. The van der Waals surface area contributed by atoms with Crippen LogP contribution in [0.4, 0.5) is 15.1 Å². The topological polar surface area (TPSA) is 125 Å². The molecule has 4 rings (SSSR count). The number of rotatable bonds is 4. The number of carbonyl (C=O) groups excluding carboxylic acids is 3. The molecule has 4 N–H and O–H groups in total. The van der Waals surface area contributed by atoms with Crippen LogP contribution < -0.4 is 21.3 Å². The normalized spacial score (nSPS) is 19.9.